The standard InChI is InChI=1S/C11H19NO3/c1-14-8-10(13)12-9-2-3-11(9)4-6-15-7-5-11/h9H,2-8H2,1H3,(H,12,13). The predicted molar refractivity (Wildman–Crippen MR) is 55.5 cm³/mol. The van der Waals surface area contributed by atoms with E-state index >= 15 is 0 Å². The molecule has 0 radical (unpaired) electrons. The molecule has 2 rings (SSSR count). The first kappa shape index (κ1) is 10.9. The molecule has 1 unspecified atom stereocenters. The average Bonchev–Trinajstić information content (AvgIpc) is 2.26. The molecular formula is C11H19NO3. The molecule has 15 heavy (non-hydrogen) atoms. The van der Waals surface area contributed by atoms with Crippen molar-refractivity contribution >= 4 is 5.91 Å². The maximum Gasteiger partial charge on any atom is 0.246 e. The topological polar surface area (TPSA) is 47.6 Å². The van der Waals surface area contributed by atoms with E-state index < -0.39 is 0 Å². The van der Waals surface area contributed by atoms with Gasteiger partial charge in [0, 0.05) is 26.4 Å². The van der Waals surface area contributed by atoms with Gasteiger partial charge < -0.3 is 14.8 Å². The summed E-state index contributed by atoms with van der Waals surface area (Å²) in [6, 6.07) is 0.351. The average molecular weight is 213 g/mol. The SMILES string of the molecule is COCC(=O)NC1CCC12CCOCC2. The summed E-state index contributed by atoms with van der Waals surface area (Å²) in [5.74, 6) is 0.00747. The lowest BCUT2D eigenvalue weighted by Gasteiger charge is -2.52. The summed E-state index contributed by atoms with van der Waals surface area (Å²) in [5, 5.41) is 3.06. The highest BCUT2D eigenvalue weighted by molar-refractivity contribution is 5.77. The third-order valence-corrected chi connectivity index (χ3v) is 3.77. The van der Waals surface area contributed by atoms with Crippen molar-refractivity contribution in [2.75, 3.05) is 26.9 Å². The van der Waals surface area contributed by atoms with E-state index in [0.717, 1.165) is 32.5 Å². The van der Waals surface area contributed by atoms with Crippen molar-refractivity contribution in [3.8, 4) is 0 Å². The lowest BCUT2D eigenvalue weighted by Crippen LogP contribution is -2.57. The molecular weight excluding hydrogens is 194 g/mol. The van der Waals surface area contributed by atoms with Gasteiger partial charge in [-0.1, -0.05) is 0 Å². The van der Waals surface area contributed by atoms with E-state index in [1.165, 1.54) is 6.42 Å². The molecule has 0 aromatic rings. The molecule has 86 valence electrons. The second-order valence-corrected chi connectivity index (χ2v) is 4.57. The monoisotopic (exact) mass is 213 g/mol. The van der Waals surface area contributed by atoms with Crippen molar-refractivity contribution < 1.29 is 14.3 Å². The van der Waals surface area contributed by atoms with Gasteiger partial charge in [-0.15, -0.1) is 0 Å². The summed E-state index contributed by atoms with van der Waals surface area (Å²) in [5.41, 5.74) is 0.335. The van der Waals surface area contributed by atoms with Crippen LogP contribution in [0.2, 0.25) is 0 Å². The minimum absolute atomic E-state index is 0.00747. The van der Waals surface area contributed by atoms with Crippen molar-refractivity contribution in [2.24, 2.45) is 5.41 Å². The molecule has 4 nitrogen and oxygen atoms in total. The first-order valence-electron chi connectivity index (χ1n) is 5.63. The van der Waals surface area contributed by atoms with Crippen LogP contribution in [0.5, 0.6) is 0 Å². The van der Waals surface area contributed by atoms with E-state index in [1.54, 1.807) is 7.11 Å². The number of amides is 1. The fourth-order valence-electron chi connectivity index (χ4n) is 2.67. The van der Waals surface area contributed by atoms with E-state index in [-0.39, 0.29) is 12.5 Å². The number of nitrogens with one attached hydrogen (secondary N) is 1. The molecule has 0 bridgehead atoms. The van der Waals surface area contributed by atoms with Crippen LogP contribution >= 0.6 is 0 Å². The van der Waals surface area contributed by atoms with Crippen LogP contribution in [-0.4, -0.2) is 38.9 Å². The van der Waals surface area contributed by atoms with Gasteiger partial charge in [-0.2, -0.15) is 0 Å². The van der Waals surface area contributed by atoms with Crippen LogP contribution in [0.1, 0.15) is 25.7 Å². The zero-order chi connectivity index (χ0) is 10.7. The highest BCUT2D eigenvalue weighted by atomic mass is 16.5. The zero-order valence-electron chi connectivity index (χ0n) is 9.25. The Kier molecular flexibility index (Phi) is 3.26. The van der Waals surface area contributed by atoms with Crippen molar-refractivity contribution in [1.29, 1.82) is 0 Å². The highest BCUT2D eigenvalue weighted by Gasteiger charge is 2.47. The van der Waals surface area contributed by atoms with E-state index in [1.807, 2.05) is 0 Å². The maximum absolute atomic E-state index is 11.4. The number of hydrogen-bond donors (Lipinski definition) is 1. The van der Waals surface area contributed by atoms with Gasteiger partial charge in [0.2, 0.25) is 5.91 Å². The Labute approximate surface area is 90.3 Å². The number of methoxy groups -OCH3 is 1. The van der Waals surface area contributed by atoms with Crippen molar-refractivity contribution in [3.05, 3.63) is 0 Å². The van der Waals surface area contributed by atoms with Crippen molar-refractivity contribution in [3.63, 3.8) is 0 Å². The van der Waals surface area contributed by atoms with Crippen LogP contribution in [0, 0.1) is 5.41 Å². The molecule has 0 aromatic heterocycles. The van der Waals surface area contributed by atoms with Crippen LogP contribution < -0.4 is 5.32 Å². The van der Waals surface area contributed by atoms with Gasteiger partial charge in [0.25, 0.3) is 0 Å². The van der Waals surface area contributed by atoms with Gasteiger partial charge in [-0.25, -0.2) is 0 Å². The number of carbonyl (C=O) groups excluding carboxylic acids is 1. The fraction of sp³-hybridized carbons (Fsp3) is 0.909. The summed E-state index contributed by atoms with van der Waals surface area (Å²) < 4.78 is 10.2. The van der Waals surface area contributed by atoms with Crippen LogP contribution in [0.3, 0.4) is 0 Å². The third kappa shape index (κ3) is 2.16. The number of hydrogen-bond acceptors (Lipinski definition) is 3. The van der Waals surface area contributed by atoms with Crippen LogP contribution in [0.4, 0.5) is 0 Å². The summed E-state index contributed by atoms with van der Waals surface area (Å²) in [7, 11) is 1.55. The van der Waals surface area contributed by atoms with E-state index in [4.69, 9.17) is 9.47 Å². The molecule has 4 heteroatoms. The number of carbonyl (C=O) groups is 1. The largest absolute Gasteiger partial charge is 0.381 e. The molecule has 1 saturated heterocycles. The second kappa shape index (κ2) is 4.49. The van der Waals surface area contributed by atoms with Crippen molar-refractivity contribution in [1.82, 2.24) is 5.32 Å². The molecule has 2 aliphatic rings. The fourth-order valence-corrected chi connectivity index (χ4v) is 2.67. The van der Waals surface area contributed by atoms with E-state index in [2.05, 4.69) is 5.32 Å². The normalized spacial score (nSPS) is 28.5. The molecule has 2 fully saturated rings. The Morgan fingerprint density at radius 3 is 2.73 bits per heavy atom. The van der Waals surface area contributed by atoms with Crippen LogP contribution in [-0.2, 0) is 14.3 Å². The Hall–Kier alpha value is -0.610. The number of ether oxygens (including phenoxy) is 2. The molecule has 1 amide bonds. The van der Waals surface area contributed by atoms with E-state index in [9.17, 15) is 4.79 Å². The Morgan fingerprint density at radius 1 is 1.47 bits per heavy atom. The van der Waals surface area contributed by atoms with Gasteiger partial charge in [0.1, 0.15) is 6.61 Å². The molecule has 1 aliphatic carbocycles. The second-order valence-electron chi connectivity index (χ2n) is 4.57. The minimum Gasteiger partial charge on any atom is -0.381 e. The molecule has 1 heterocycles. The summed E-state index contributed by atoms with van der Waals surface area (Å²) in [4.78, 5) is 11.4. The molecule has 1 saturated carbocycles. The maximum atomic E-state index is 11.4. The zero-order valence-corrected chi connectivity index (χ0v) is 9.25. The van der Waals surface area contributed by atoms with Gasteiger partial charge in [0.05, 0.1) is 0 Å². The predicted octanol–water partition coefficient (Wildman–Crippen LogP) is 0.708. The molecule has 0 aromatic carbocycles. The quantitative estimate of drug-likeness (QED) is 0.751. The first-order chi connectivity index (χ1) is 7.27. The summed E-state index contributed by atoms with van der Waals surface area (Å²) >= 11 is 0. The molecule has 1 atom stereocenters. The Morgan fingerprint density at radius 2 is 2.20 bits per heavy atom. The number of rotatable bonds is 3. The van der Waals surface area contributed by atoms with Gasteiger partial charge >= 0.3 is 0 Å². The Bertz CT molecular complexity index is 236. The first-order valence-corrected chi connectivity index (χ1v) is 5.63. The summed E-state index contributed by atoms with van der Waals surface area (Å²) in [6.45, 7) is 1.86. The van der Waals surface area contributed by atoms with Gasteiger partial charge in [0.15, 0.2) is 0 Å². The highest BCUT2D eigenvalue weighted by Crippen LogP contribution is 2.48. The lowest BCUT2D eigenvalue weighted by atomic mass is 9.60. The Balaban J connectivity index is 1.85. The van der Waals surface area contributed by atoms with Crippen molar-refractivity contribution in [2.45, 2.75) is 31.7 Å². The molecule has 1 N–H and O–H groups in total. The summed E-state index contributed by atoms with van der Waals surface area (Å²) in [6.07, 6.45) is 4.51. The van der Waals surface area contributed by atoms with Gasteiger partial charge in [-0.3, -0.25) is 4.79 Å². The smallest absolute Gasteiger partial charge is 0.246 e. The molecule has 1 spiro atoms. The van der Waals surface area contributed by atoms with E-state index in [0.29, 0.717) is 11.5 Å². The third-order valence-electron chi connectivity index (χ3n) is 3.77. The van der Waals surface area contributed by atoms with Crippen LogP contribution in [0.15, 0.2) is 0 Å². The lowest BCUT2D eigenvalue weighted by molar-refractivity contribution is -0.130. The minimum atomic E-state index is 0.00747. The molecule has 1 aliphatic heterocycles. The van der Waals surface area contributed by atoms with Crippen LogP contribution in [0.25, 0.3) is 0 Å². The van der Waals surface area contributed by atoms with Gasteiger partial charge in [-0.05, 0) is 31.1 Å².